The maximum atomic E-state index is 13.1. The minimum absolute atomic E-state index is 0.232. The van der Waals surface area contributed by atoms with Gasteiger partial charge in [0.1, 0.15) is 5.82 Å². The molecule has 0 atom stereocenters. The normalized spacial score (nSPS) is 11.0. The first-order chi connectivity index (χ1) is 8.65. The number of aromatic amines is 1. The molecule has 2 aromatic carbocycles. The highest BCUT2D eigenvalue weighted by molar-refractivity contribution is 5.95. The van der Waals surface area contributed by atoms with Crippen LogP contribution >= 0.6 is 0 Å². The molecule has 3 N–H and O–H groups in total. The van der Waals surface area contributed by atoms with Crippen molar-refractivity contribution in [1.82, 2.24) is 4.98 Å². The Morgan fingerprint density at radius 1 is 1.11 bits per heavy atom. The number of aryl methyl sites for hydroxylation is 1. The summed E-state index contributed by atoms with van der Waals surface area (Å²) in [4.78, 5) is 3.09. The fourth-order valence-corrected chi connectivity index (χ4v) is 2.18. The zero-order valence-electron chi connectivity index (χ0n) is 10.00. The number of nitrogens with two attached hydrogens (primary N) is 1. The smallest absolute Gasteiger partial charge is 0.125 e. The topological polar surface area (TPSA) is 41.8 Å². The van der Waals surface area contributed by atoms with E-state index in [1.807, 2.05) is 31.3 Å². The van der Waals surface area contributed by atoms with Crippen molar-refractivity contribution < 1.29 is 4.39 Å². The van der Waals surface area contributed by atoms with Gasteiger partial charge >= 0.3 is 0 Å². The molecule has 0 bridgehead atoms. The van der Waals surface area contributed by atoms with Crippen molar-refractivity contribution >= 4 is 16.6 Å². The van der Waals surface area contributed by atoms with Crippen LogP contribution in [0.4, 0.5) is 10.1 Å². The zero-order valence-corrected chi connectivity index (χ0v) is 10.00. The highest BCUT2D eigenvalue weighted by Gasteiger charge is 2.07. The van der Waals surface area contributed by atoms with Crippen LogP contribution in [0.15, 0.2) is 42.6 Å². The molecule has 0 aliphatic heterocycles. The van der Waals surface area contributed by atoms with Gasteiger partial charge in [0.15, 0.2) is 0 Å². The van der Waals surface area contributed by atoms with Crippen LogP contribution in [-0.2, 0) is 0 Å². The van der Waals surface area contributed by atoms with Crippen molar-refractivity contribution in [2.24, 2.45) is 0 Å². The molecule has 2 nitrogen and oxygen atoms in total. The van der Waals surface area contributed by atoms with E-state index in [0.717, 1.165) is 33.3 Å². The second kappa shape index (κ2) is 3.88. The molecule has 0 unspecified atom stereocenters. The number of nitrogen functional groups attached to an aromatic ring is 1. The van der Waals surface area contributed by atoms with Crippen molar-refractivity contribution in [2.75, 3.05) is 5.73 Å². The van der Waals surface area contributed by atoms with E-state index in [1.165, 1.54) is 12.1 Å². The molecule has 3 heteroatoms. The molecule has 0 aliphatic carbocycles. The van der Waals surface area contributed by atoms with Crippen molar-refractivity contribution in [3.05, 3.63) is 54.0 Å². The van der Waals surface area contributed by atoms with Gasteiger partial charge in [-0.2, -0.15) is 0 Å². The van der Waals surface area contributed by atoms with Gasteiger partial charge in [-0.1, -0.05) is 6.07 Å². The number of halogens is 1. The summed E-state index contributed by atoms with van der Waals surface area (Å²) >= 11 is 0. The lowest BCUT2D eigenvalue weighted by Crippen LogP contribution is -1.89. The number of hydrogen-bond acceptors (Lipinski definition) is 1. The Morgan fingerprint density at radius 3 is 2.72 bits per heavy atom. The summed E-state index contributed by atoms with van der Waals surface area (Å²) in [5.41, 5.74) is 10.6. The van der Waals surface area contributed by atoms with Gasteiger partial charge in [0, 0.05) is 28.4 Å². The van der Waals surface area contributed by atoms with Crippen LogP contribution in [0.1, 0.15) is 5.56 Å². The molecule has 3 aromatic rings. The van der Waals surface area contributed by atoms with E-state index >= 15 is 0 Å². The molecule has 90 valence electrons. The predicted molar refractivity (Wildman–Crippen MR) is 72.8 cm³/mol. The molecule has 0 aliphatic rings. The van der Waals surface area contributed by atoms with E-state index in [0.29, 0.717) is 0 Å². The number of rotatable bonds is 1. The molecular formula is C15H13FN2. The van der Waals surface area contributed by atoms with Gasteiger partial charge in [0.2, 0.25) is 0 Å². The monoisotopic (exact) mass is 240 g/mol. The molecule has 0 fully saturated rings. The van der Waals surface area contributed by atoms with Crippen LogP contribution in [0.25, 0.3) is 22.0 Å². The third kappa shape index (κ3) is 1.64. The van der Waals surface area contributed by atoms with Gasteiger partial charge in [0.05, 0.1) is 0 Å². The number of H-pyrrole nitrogens is 1. The van der Waals surface area contributed by atoms with E-state index in [4.69, 9.17) is 5.73 Å². The first-order valence-electron chi connectivity index (χ1n) is 5.78. The summed E-state index contributed by atoms with van der Waals surface area (Å²) in [5, 5.41) is 1.01. The van der Waals surface area contributed by atoms with Gasteiger partial charge in [-0.3, -0.25) is 0 Å². The Hall–Kier alpha value is -2.29. The van der Waals surface area contributed by atoms with Gasteiger partial charge in [-0.15, -0.1) is 0 Å². The fourth-order valence-electron chi connectivity index (χ4n) is 2.18. The summed E-state index contributed by atoms with van der Waals surface area (Å²) in [7, 11) is 0. The Kier molecular flexibility index (Phi) is 2.33. The van der Waals surface area contributed by atoms with Crippen molar-refractivity contribution in [3.63, 3.8) is 0 Å². The van der Waals surface area contributed by atoms with Crippen LogP contribution in [0.5, 0.6) is 0 Å². The van der Waals surface area contributed by atoms with E-state index < -0.39 is 0 Å². The molecular weight excluding hydrogens is 227 g/mol. The van der Waals surface area contributed by atoms with E-state index in [-0.39, 0.29) is 5.82 Å². The van der Waals surface area contributed by atoms with Crippen molar-refractivity contribution in [2.45, 2.75) is 6.92 Å². The molecule has 0 saturated carbocycles. The molecule has 18 heavy (non-hydrogen) atoms. The van der Waals surface area contributed by atoms with Crippen LogP contribution in [0.3, 0.4) is 0 Å². The SMILES string of the molecule is Cc1cc(-c2c[nH]c3cc(F)ccc23)ccc1N. The minimum atomic E-state index is -0.232. The highest BCUT2D eigenvalue weighted by Crippen LogP contribution is 2.30. The first kappa shape index (κ1) is 10.8. The molecule has 3 rings (SSSR count). The van der Waals surface area contributed by atoms with E-state index in [9.17, 15) is 4.39 Å². The lowest BCUT2D eigenvalue weighted by atomic mass is 10.0. The predicted octanol–water partition coefficient (Wildman–Crippen LogP) is 3.86. The Labute approximate surface area is 104 Å². The minimum Gasteiger partial charge on any atom is -0.399 e. The molecule has 1 aromatic heterocycles. The lowest BCUT2D eigenvalue weighted by Gasteiger charge is -2.04. The number of nitrogens with one attached hydrogen (secondary N) is 1. The summed E-state index contributed by atoms with van der Waals surface area (Å²) in [6, 6.07) is 10.7. The third-order valence-electron chi connectivity index (χ3n) is 3.22. The summed E-state index contributed by atoms with van der Waals surface area (Å²) in [5.74, 6) is -0.232. The first-order valence-corrected chi connectivity index (χ1v) is 5.78. The number of aromatic nitrogens is 1. The average Bonchev–Trinajstić information content (AvgIpc) is 2.75. The Bertz CT molecular complexity index is 728. The Balaban J connectivity index is 2.22. The summed E-state index contributed by atoms with van der Waals surface area (Å²) in [6.07, 6.45) is 1.90. The van der Waals surface area contributed by atoms with Crippen LogP contribution in [0, 0.1) is 12.7 Å². The highest BCUT2D eigenvalue weighted by atomic mass is 19.1. The van der Waals surface area contributed by atoms with Gasteiger partial charge in [-0.25, -0.2) is 4.39 Å². The molecule has 0 radical (unpaired) electrons. The molecule has 0 spiro atoms. The molecule has 1 heterocycles. The van der Waals surface area contributed by atoms with E-state index in [2.05, 4.69) is 4.98 Å². The summed E-state index contributed by atoms with van der Waals surface area (Å²) < 4.78 is 13.1. The maximum absolute atomic E-state index is 13.1. The van der Waals surface area contributed by atoms with Crippen molar-refractivity contribution in [3.8, 4) is 11.1 Å². The van der Waals surface area contributed by atoms with Crippen molar-refractivity contribution in [1.29, 1.82) is 0 Å². The third-order valence-corrected chi connectivity index (χ3v) is 3.22. The Morgan fingerprint density at radius 2 is 1.94 bits per heavy atom. The van der Waals surface area contributed by atoms with E-state index in [1.54, 1.807) is 6.07 Å². The summed E-state index contributed by atoms with van der Waals surface area (Å²) in [6.45, 7) is 1.98. The lowest BCUT2D eigenvalue weighted by molar-refractivity contribution is 0.629. The van der Waals surface area contributed by atoms with Crippen LogP contribution in [-0.4, -0.2) is 4.98 Å². The second-order valence-corrected chi connectivity index (χ2v) is 4.46. The fraction of sp³-hybridized carbons (Fsp3) is 0.0667. The number of benzene rings is 2. The average molecular weight is 240 g/mol. The van der Waals surface area contributed by atoms with Gasteiger partial charge in [-0.05, 0) is 48.4 Å². The van der Waals surface area contributed by atoms with Crippen LogP contribution in [0.2, 0.25) is 0 Å². The zero-order chi connectivity index (χ0) is 12.7. The molecule has 0 amide bonds. The number of fused-ring (bicyclic) bond motifs is 1. The maximum Gasteiger partial charge on any atom is 0.125 e. The van der Waals surface area contributed by atoms with Crippen LogP contribution < -0.4 is 5.73 Å². The number of anilines is 1. The molecule has 0 saturated heterocycles. The van der Waals surface area contributed by atoms with Gasteiger partial charge < -0.3 is 10.7 Å². The quantitative estimate of drug-likeness (QED) is 0.623. The second-order valence-electron chi connectivity index (χ2n) is 4.46. The largest absolute Gasteiger partial charge is 0.399 e. The number of hydrogen-bond donors (Lipinski definition) is 2. The standard InChI is InChI=1S/C15H13FN2/c1-9-6-10(2-5-14(9)17)13-8-18-15-7-11(16)3-4-12(13)15/h2-8,18H,17H2,1H3. The van der Waals surface area contributed by atoms with Gasteiger partial charge in [0.25, 0.3) is 0 Å².